The number of hydrogen-bond donors (Lipinski definition) is 2. The van der Waals surface area contributed by atoms with Crippen molar-refractivity contribution in [2.75, 3.05) is 56.7 Å². The minimum absolute atomic E-state index is 0.0399. The summed E-state index contributed by atoms with van der Waals surface area (Å²) in [6.07, 6.45) is 2.97. The Labute approximate surface area is 239 Å². The molecule has 3 aromatic rings. The molecule has 0 saturated carbocycles. The standard InChI is InChI=1S/C28H28ClF2N5O5/c29-19-9-16(1-2-20(19)30)34-27-18-10-23(24(11-22(18)32-15-33-27)41-17-4-6-38-14-17)35-28(37)21(31)3-5-36-12-25-26(13-36)40-8-7-39-25/h1-3,9-11,15,17,25-26H,4-8,12-14H2,(H,35,37)(H,32,33,34). The predicted molar refractivity (Wildman–Crippen MR) is 148 cm³/mol. The van der Waals surface area contributed by atoms with Gasteiger partial charge in [0, 0.05) is 43.2 Å². The van der Waals surface area contributed by atoms with Crippen LogP contribution in [0.3, 0.4) is 0 Å². The molecule has 1 amide bonds. The fourth-order valence-electron chi connectivity index (χ4n) is 5.05. The van der Waals surface area contributed by atoms with Crippen LogP contribution in [0.4, 0.5) is 26.0 Å². The molecule has 3 atom stereocenters. The topological polar surface area (TPSA) is 107 Å². The van der Waals surface area contributed by atoms with Gasteiger partial charge in [-0.2, -0.15) is 0 Å². The first kappa shape index (κ1) is 27.7. The molecule has 3 fully saturated rings. The number of halogens is 3. The maximum Gasteiger partial charge on any atom is 0.284 e. The molecular weight excluding hydrogens is 560 g/mol. The van der Waals surface area contributed by atoms with Crippen LogP contribution in [-0.2, 0) is 19.0 Å². The fraction of sp³-hybridized carbons (Fsp3) is 0.393. The van der Waals surface area contributed by atoms with Crippen molar-refractivity contribution >= 4 is 45.6 Å². The van der Waals surface area contributed by atoms with Crippen molar-refractivity contribution in [3.8, 4) is 5.75 Å². The van der Waals surface area contributed by atoms with E-state index in [0.29, 0.717) is 74.1 Å². The highest BCUT2D eigenvalue weighted by molar-refractivity contribution is 6.31. The van der Waals surface area contributed by atoms with Crippen molar-refractivity contribution < 1.29 is 32.5 Å². The van der Waals surface area contributed by atoms with Crippen LogP contribution in [0.15, 0.2) is 48.6 Å². The Morgan fingerprint density at radius 2 is 1.95 bits per heavy atom. The predicted octanol–water partition coefficient (Wildman–Crippen LogP) is 4.23. The third-order valence-electron chi connectivity index (χ3n) is 7.13. The van der Waals surface area contributed by atoms with Gasteiger partial charge in [0.2, 0.25) is 0 Å². The third kappa shape index (κ3) is 6.41. The van der Waals surface area contributed by atoms with Crippen molar-refractivity contribution in [1.29, 1.82) is 0 Å². The number of amides is 1. The summed E-state index contributed by atoms with van der Waals surface area (Å²) < 4.78 is 51.6. The minimum atomic E-state index is -0.930. The van der Waals surface area contributed by atoms with Crippen molar-refractivity contribution in [1.82, 2.24) is 14.9 Å². The Hall–Kier alpha value is -3.42. The van der Waals surface area contributed by atoms with Gasteiger partial charge in [-0.1, -0.05) is 11.6 Å². The Bertz CT molecular complexity index is 1460. The van der Waals surface area contributed by atoms with Crippen molar-refractivity contribution in [3.05, 3.63) is 59.4 Å². The maximum absolute atomic E-state index is 15.0. The minimum Gasteiger partial charge on any atom is -0.486 e. The molecule has 10 nitrogen and oxygen atoms in total. The van der Waals surface area contributed by atoms with E-state index in [4.69, 9.17) is 30.5 Å². The van der Waals surface area contributed by atoms with E-state index in [1.54, 1.807) is 12.1 Å². The highest BCUT2D eigenvalue weighted by Crippen LogP contribution is 2.35. The largest absolute Gasteiger partial charge is 0.486 e. The number of ether oxygens (including phenoxy) is 4. The Balaban J connectivity index is 1.24. The van der Waals surface area contributed by atoms with Gasteiger partial charge in [-0.25, -0.2) is 18.7 Å². The lowest BCUT2D eigenvalue weighted by atomic mass is 10.1. The van der Waals surface area contributed by atoms with Gasteiger partial charge in [0.15, 0.2) is 5.83 Å². The lowest BCUT2D eigenvalue weighted by Gasteiger charge is -2.24. The number of aromatic nitrogens is 2. The number of fused-ring (bicyclic) bond motifs is 2. The van der Waals surface area contributed by atoms with E-state index in [9.17, 15) is 9.18 Å². The number of hydrogen-bond acceptors (Lipinski definition) is 9. The summed E-state index contributed by atoms with van der Waals surface area (Å²) in [5.74, 6) is -1.70. The van der Waals surface area contributed by atoms with E-state index in [-0.39, 0.29) is 35.6 Å². The van der Waals surface area contributed by atoms with Gasteiger partial charge in [0.05, 0.1) is 54.9 Å². The van der Waals surface area contributed by atoms with Gasteiger partial charge in [-0.3, -0.25) is 9.69 Å². The number of nitrogens with zero attached hydrogens (tertiary/aromatic N) is 3. The maximum atomic E-state index is 15.0. The van der Waals surface area contributed by atoms with E-state index in [1.165, 1.54) is 30.6 Å². The molecule has 2 aromatic carbocycles. The zero-order valence-corrected chi connectivity index (χ0v) is 22.7. The molecule has 3 unspecified atom stereocenters. The molecule has 0 bridgehead atoms. The third-order valence-corrected chi connectivity index (χ3v) is 7.42. The van der Waals surface area contributed by atoms with E-state index >= 15 is 4.39 Å². The molecule has 0 aliphatic carbocycles. The van der Waals surface area contributed by atoms with Crippen LogP contribution >= 0.6 is 11.6 Å². The zero-order chi connectivity index (χ0) is 28.3. The van der Waals surface area contributed by atoms with Crippen LogP contribution in [0.2, 0.25) is 5.02 Å². The summed E-state index contributed by atoms with van der Waals surface area (Å²) in [5.41, 5.74) is 1.25. The molecule has 0 spiro atoms. The molecule has 3 aliphatic rings. The monoisotopic (exact) mass is 587 g/mol. The van der Waals surface area contributed by atoms with Gasteiger partial charge < -0.3 is 29.6 Å². The molecule has 4 heterocycles. The summed E-state index contributed by atoms with van der Waals surface area (Å²) in [7, 11) is 0. The van der Waals surface area contributed by atoms with Crippen LogP contribution < -0.4 is 15.4 Å². The molecule has 1 aromatic heterocycles. The fourth-order valence-corrected chi connectivity index (χ4v) is 5.23. The zero-order valence-electron chi connectivity index (χ0n) is 21.9. The summed E-state index contributed by atoms with van der Waals surface area (Å²) in [4.78, 5) is 23.6. The Morgan fingerprint density at radius 1 is 1.15 bits per heavy atom. The number of benzene rings is 2. The number of carbonyl (C=O) groups excluding carboxylic acids is 1. The molecule has 216 valence electrons. The summed E-state index contributed by atoms with van der Waals surface area (Å²) in [6.45, 7) is 3.50. The molecule has 13 heteroatoms. The van der Waals surface area contributed by atoms with E-state index in [0.717, 1.165) is 0 Å². The Kier molecular flexibility index (Phi) is 8.26. The van der Waals surface area contributed by atoms with Crippen molar-refractivity contribution in [2.45, 2.75) is 24.7 Å². The van der Waals surface area contributed by atoms with E-state index < -0.39 is 17.6 Å². The first-order valence-electron chi connectivity index (χ1n) is 13.3. The second-order valence-corrected chi connectivity index (χ2v) is 10.4. The second kappa shape index (κ2) is 12.2. The smallest absolute Gasteiger partial charge is 0.284 e. The molecule has 3 aliphatic heterocycles. The molecule has 3 saturated heterocycles. The van der Waals surface area contributed by atoms with Crippen LogP contribution in [-0.4, -0.2) is 85.1 Å². The van der Waals surface area contributed by atoms with E-state index in [2.05, 4.69) is 20.6 Å². The average Bonchev–Trinajstić information content (AvgIpc) is 3.64. The van der Waals surface area contributed by atoms with E-state index in [1.807, 2.05) is 4.90 Å². The summed E-state index contributed by atoms with van der Waals surface area (Å²) in [6, 6.07) is 7.45. The molecule has 41 heavy (non-hydrogen) atoms. The normalized spacial score (nSPS) is 23.0. The lowest BCUT2D eigenvalue weighted by molar-refractivity contribution is -0.116. The molecule has 0 radical (unpaired) electrons. The van der Waals surface area contributed by atoms with Crippen LogP contribution in [0.1, 0.15) is 6.42 Å². The number of nitrogens with one attached hydrogen (secondary N) is 2. The van der Waals surface area contributed by atoms with Gasteiger partial charge in [0.25, 0.3) is 5.91 Å². The molecular formula is C28H28ClF2N5O5. The number of carbonyl (C=O) groups is 1. The summed E-state index contributed by atoms with van der Waals surface area (Å²) >= 11 is 5.93. The number of rotatable bonds is 8. The second-order valence-electron chi connectivity index (χ2n) is 9.99. The molecule has 2 N–H and O–H groups in total. The quantitative estimate of drug-likeness (QED) is 0.375. The molecule has 6 rings (SSSR count). The average molecular weight is 588 g/mol. The van der Waals surface area contributed by atoms with Crippen molar-refractivity contribution in [3.63, 3.8) is 0 Å². The SMILES string of the molecule is O=C(Nc1cc2c(Nc3ccc(F)c(Cl)c3)ncnc2cc1OC1CCOC1)C(F)=CCN1CC2OCCOC2C1. The van der Waals surface area contributed by atoms with Gasteiger partial charge >= 0.3 is 0 Å². The van der Waals surface area contributed by atoms with Gasteiger partial charge in [0.1, 0.15) is 29.8 Å². The highest BCUT2D eigenvalue weighted by Gasteiger charge is 2.36. The van der Waals surface area contributed by atoms with Crippen LogP contribution in [0.5, 0.6) is 5.75 Å². The lowest BCUT2D eigenvalue weighted by Crippen LogP contribution is -2.36. The number of likely N-dealkylation sites (tertiary alicyclic amines) is 1. The van der Waals surface area contributed by atoms with Crippen molar-refractivity contribution in [2.24, 2.45) is 0 Å². The van der Waals surface area contributed by atoms with Gasteiger partial charge in [-0.15, -0.1) is 0 Å². The highest BCUT2D eigenvalue weighted by atomic mass is 35.5. The number of anilines is 3. The van der Waals surface area contributed by atoms with Crippen LogP contribution in [0, 0.1) is 5.82 Å². The first-order chi connectivity index (χ1) is 19.9. The van der Waals surface area contributed by atoms with Gasteiger partial charge in [-0.05, 0) is 30.3 Å². The Morgan fingerprint density at radius 3 is 2.68 bits per heavy atom. The van der Waals surface area contributed by atoms with Crippen LogP contribution in [0.25, 0.3) is 10.9 Å². The summed E-state index contributed by atoms with van der Waals surface area (Å²) in [5, 5.41) is 6.20. The first-order valence-corrected chi connectivity index (χ1v) is 13.7.